The van der Waals surface area contributed by atoms with E-state index in [1.165, 1.54) is 44.9 Å². The van der Waals surface area contributed by atoms with Gasteiger partial charge >= 0.3 is 0 Å². The monoisotopic (exact) mass is 453 g/mol. The molecule has 2 atom stereocenters. The molecule has 1 amide bonds. The standard InChI is InChI=1S/C25H43N3O2.ClH/c1-5-7-8-9-10-11-12-13-17-20-24(29)23(6-2)28(4,26-3)21-25(30)27-22-18-15-14-16-19-22;/h14-16,18-19,23,26H,5-13,17,20-21H2,1-4H3;1H. The number of nitrogens with zero attached hydrogens (tertiary/aromatic N) is 1. The van der Waals surface area contributed by atoms with E-state index in [2.05, 4.69) is 17.7 Å². The number of para-hydroxylation sites is 1. The molecule has 178 valence electrons. The highest BCUT2D eigenvalue weighted by Gasteiger charge is 2.38. The van der Waals surface area contributed by atoms with Crippen LogP contribution in [0.25, 0.3) is 0 Å². The molecule has 1 rings (SSSR count). The predicted molar refractivity (Wildman–Crippen MR) is 126 cm³/mol. The average molecular weight is 454 g/mol. The number of unbranched alkanes of at least 4 members (excludes halogenated alkanes) is 8. The Morgan fingerprint density at radius 1 is 0.903 bits per heavy atom. The van der Waals surface area contributed by atoms with Crippen molar-refractivity contribution in [1.82, 2.24) is 5.43 Å². The summed E-state index contributed by atoms with van der Waals surface area (Å²) in [5, 5.41) is 2.93. The van der Waals surface area contributed by atoms with E-state index in [0.29, 0.717) is 12.8 Å². The Bertz CT molecular complexity index is 612. The van der Waals surface area contributed by atoms with Crippen molar-refractivity contribution in [3.05, 3.63) is 30.3 Å². The molecule has 0 spiro atoms. The van der Waals surface area contributed by atoms with Gasteiger partial charge in [-0.25, -0.2) is 4.59 Å². The second kappa shape index (κ2) is 17.2. The number of hydrogen-bond donors (Lipinski definition) is 2. The molecule has 0 saturated carbocycles. The van der Waals surface area contributed by atoms with Crippen LogP contribution in [-0.2, 0) is 9.59 Å². The number of halogens is 1. The number of hydrogen-bond acceptors (Lipinski definition) is 3. The lowest BCUT2D eigenvalue weighted by atomic mass is 10.0. The summed E-state index contributed by atoms with van der Waals surface area (Å²) >= 11 is 0. The van der Waals surface area contributed by atoms with Crippen LogP contribution < -0.4 is 23.1 Å². The van der Waals surface area contributed by atoms with Crippen LogP contribution in [0.4, 0.5) is 5.69 Å². The van der Waals surface area contributed by atoms with Crippen molar-refractivity contribution in [1.29, 1.82) is 0 Å². The number of benzene rings is 1. The van der Waals surface area contributed by atoms with E-state index in [0.717, 1.165) is 18.5 Å². The van der Waals surface area contributed by atoms with Gasteiger partial charge in [0.05, 0.1) is 7.05 Å². The third kappa shape index (κ3) is 11.7. The van der Waals surface area contributed by atoms with Crippen molar-refractivity contribution in [2.45, 2.75) is 90.5 Å². The van der Waals surface area contributed by atoms with E-state index >= 15 is 0 Å². The fraction of sp³-hybridized carbons (Fsp3) is 0.680. The Labute approximate surface area is 196 Å². The first-order valence-electron chi connectivity index (χ1n) is 11.9. The van der Waals surface area contributed by atoms with Crippen LogP contribution in [0, 0.1) is 0 Å². The highest BCUT2D eigenvalue weighted by Crippen LogP contribution is 2.17. The van der Waals surface area contributed by atoms with E-state index in [9.17, 15) is 9.59 Å². The zero-order valence-electron chi connectivity index (χ0n) is 20.1. The second-order valence-electron chi connectivity index (χ2n) is 8.53. The van der Waals surface area contributed by atoms with Crippen LogP contribution in [0.2, 0.25) is 0 Å². The predicted octanol–water partition coefficient (Wildman–Crippen LogP) is 2.48. The van der Waals surface area contributed by atoms with Gasteiger partial charge < -0.3 is 17.7 Å². The van der Waals surface area contributed by atoms with Crippen molar-refractivity contribution < 1.29 is 26.6 Å². The largest absolute Gasteiger partial charge is 1.00 e. The molecule has 31 heavy (non-hydrogen) atoms. The zero-order chi connectivity index (χ0) is 22.2. The van der Waals surface area contributed by atoms with Crippen LogP contribution in [0.3, 0.4) is 0 Å². The maximum absolute atomic E-state index is 12.9. The lowest BCUT2D eigenvalue weighted by Crippen LogP contribution is -3.00. The minimum absolute atomic E-state index is 0. The molecule has 6 heteroatoms. The molecule has 1 aromatic carbocycles. The number of nitrogens with one attached hydrogen (secondary N) is 2. The number of carbonyl (C=O) groups is 2. The average Bonchev–Trinajstić information content (AvgIpc) is 2.73. The molecule has 0 aliphatic carbocycles. The molecule has 0 radical (unpaired) electrons. The number of carbonyl (C=O) groups excluding carboxylic acids is 2. The fourth-order valence-corrected chi connectivity index (χ4v) is 4.09. The minimum Gasteiger partial charge on any atom is -1.00 e. The van der Waals surface area contributed by atoms with Crippen molar-refractivity contribution in [3.8, 4) is 0 Å². The summed E-state index contributed by atoms with van der Waals surface area (Å²) in [6.07, 6.45) is 12.5. The number of anilines is 1. The highest BCUT2D eigenvalue weighted by atomic mass is 35.5. The summed E-state index contributed by atoms with van der Waals surface area (Å²) in [6.45, 7) is 4.49. The Morgan fingerprint density at radius 3 is 1.97 bits per heavy atom. The van der Waals surface area contributed by atoms with Gasteiger partial charge in [0.2, 0.25) is 0 Å². The van der Waals surface area contributed by atoms with Gasteiger partial charge in [0.15, 0.2) is 18.4 Å². The molecular formula is C25H44ClN3O2. The van der Waals surface area contributed by atoms with Gasteiger partial charge in [-0.15, -0.1) is 0 Å². The molecule has 0 saturated heterocycles. The number of ketones is 1. The molecule has 0 heterocycles. The van der Waals surface area contributed by atoms with Gasteiger partial charge in [0, 0.05) is 25.6 Å². The van der Waals surface area contributed by atoms with Gasteiger partial charge in [-0.2, -0.15) is 5.43 Å². The highest BCUT2D eigenvalue weighted by molar-refractivity contribution is 5.92. The maximum atomic E-state index is 12.9. The lowest BCUT2D eigenvalue weighted by Gasteiger charge is -2.38. The summed E-state index contributed by atoms with van der Waals surface area (Å²) in [5.74, 6) is 0.164. The minimum atomic E-state index is -0.217. The van der Waals surface area contributed by atoms with E-state index < -0.39 is 0 Å². The Kier molecular flexibility index (Phi) is 16.4. The normalized spacial score (nSPS) is 13.7. The van der Waals surface area contributed by atoms with Crippen molar-refractivity contribution >= 4 is 17.4 Å². The van der Waals surface area contributed by atoms with Crippen molar-refractivity contribution in [3.63, 3.8) is 0 Å². The molecule has 0 aliphatic heterocycles. The van der Waals surface area contributed by atoms with Gasteiger partial charge in [-0.05, 0) is 18.6 Å². The SMILES string of the molecule is CCCCCCCCCCCC(=O)C(CC)[N+](C)(CC(=O)Nc1ccccc1)NC.[Cl-]. The van der Waals surface area contributed by atoms with Gasteiger partial charge in [0.25, 0.3) is 5.91 Å². The summed E-state index contributed by atoms with van der Waals surface area (Å²) in [7, 11) is 3.76. The Balaban J connectivity index is 0.00000900. The number of amides is 1. The Hall–Kier alpha value is -1.43. The number of likely N-dealkylation sites (N-methyl/N-ethyl adjacent to an activating group) is 1. The topological polar surface area (TPSA) is 58.2 Å². The fourth-order valence-electron chi connectivity index (χ4n) is 4.09. The third-order valence-corrected chi connectivity index (χ3v) is 6.01. The first kappa shape index (κ1) is 29.6. The van der Waals surface area contributed by atoms with E-state index in [1.807, 2.05) is 51.4 Å². The summed E-state index contributed by atoms with van der Waals surface area (Å²) in [5.41, 5.74) is 3.99. The van der Waals surface area contributed by atoms with Gasteiger partial charge in [-0.3, -0.25) is 9.59 Å². The van der Waals surface area contributed by atoms with Gasteiger partial charge in [-0.1, -0.05) is 83.4 Å². The molecule has 0 fully saturated rings. The van der Waals surface area contributed by atoms with Crippen molar-refractivity contribution in [2.75, 3.05) is 26.0 Å². The van der Waals surface area contributed by atoms with E-state index in [-0.39, 0.29) is 41.3 Å². The molecule has 1 aromatic rings. The molecular weight excluding hydrogens is 410 g/mol. The summed E-state index contributed by atoms with van der Waals surface area (Å²) < 4.78 is 0.228. The molecule has 0 aliphatic rings. The zero-order valence-corrected chi connectivity index (χ0v) is 20.8. The second-order valence-corrected chi connectivity index (χ2v) is 8.53. The van der Waals surface area contributed by atoms with Crippen LogP contribution in [0.15, 0.2) is 30.3 Å². The maximum Gasteiger partial charge on any atom is 0.281 e. The molecule has 2 N–H and O–H groups in total. The van der Waals surface area contributed by atoms with Gasteiger partial charge in [0.1, 0.15) is 0 Å². The summed E-state index contributed by atoms with van der Waals surface area (Å²) in [6, 6.07) is 9.23. The Morgan fingerprint density at radius 2 is 1.45 bits per heavy atom. The van der Waals surface area contributed by atoms with E-state index in [4.69, 9.17) is 0 Å². The smallest absolute Gasteiger partial charge is 0.281 e. The number of Topliss-reactive ketones (excluding diaryl/α,β-unsaturated/α-hetero) is 1. The number of quaternary nitrogens is 1. The van der Waals surface area contributed by atoms with Crippen LogP contribution in [-0.4, -0.2) is 43.0 Å². The summed E-state index contributed by atoms with van der Waals surface area (Å²) in [4.78, 5) is 25.5. The molecule has 5 nitrogen and oxygen atoms in total. The quantitative estimate of drug-likeness (QED) is 0.216. The van der Waals surface area contributed by atoms with E-state index in [1.54, 1.807) is 0 Å². The van der Waals surface area contributed by atoms with Crippen LogP contribution in [0.5, 0.6) is 0 Å². The molecule has 0 bridgehead atoms. The third-order valence-electron chi connectivity index (χ3n) is 6.01. The van der Waals surface area contributed by atoms with Crippen molar-refractivity contribution in [2.24, 2.45) is 0 Å². The molecule has 2 unspecified atom stereocenters. The molecule has 0 aromatic heterocycles. The number of rotatable bonds is 17. The first-order chi connectivity index (χ1) is 14.5. The van der Waals surface area contributed by atoms with Crippen LogP contribution in [0.1, 0.15) is 84.5 Å². The van der Waals surface area contributed by atoms with Crippen LogP contribution >= 0.6 is 0 Å². The first-order valence-corrected chi connectivity index (χ1v) is 11.9. The lowest BCUT2D eigenvalue weighted by molar-refractivity contribution is -0.957.